The van der Waals surface area contributed by atoms with Crippen LogP contribution in [0.5, 0.6) is 0 Å². The molecule has 0 bridgehead atoms. The van der Waals surface area contributed by atoms with Crippen LogP contribution in [0.2, 0.25) is 0 Å². The van der Waals surface area contributed by atoms with Gasteiger partial charge in [0.05, 0.1) is 5.92 Å². The van der Waals surface area contributed by atoms with Gasteiger partial charge >= 0.3 is 5.97 Å². The molecule has 5 atom stereocenters. The van der Waals surface area contributed by atoms with E-state index in [1.54, 1.807) is 0 Å². The second-order valence-electron chi connectivity index (χ2n) is 6.19. The van der Waals surface area contributed by atoms with Gasteiger partial charge in [0, 0.05) is 5.92 Å². The fraction of sp³-hybridized carbons (Fsp3) is 0.667. The van der Waals surface area contributed by atoms with Crippen LogP contribution in [0.25, 0.3) is 0 Å². The van der Waals surface area contributed by atoms with Gasteiger partial charge in [-0.05, 0) is 30.6 Å². The van der Waals surface area contributed by atoms with Crippen LogP contribution in [-0.4, -0.2) is 12.1 Å². The summed E-state index contributed by atoms with van der Waals surface area (Å²) in [6.45, 7) is 8.52. The predicted octanol–water partition coefficient (Wildman–Crippen LogP) is 3.10. The fourth-order valence-electron chi connectivity index (χ4n) is 3.95. The minimum atomic E-state index is -0.00293. The summed E-state index contributed by atoms with van der Waals surface area (Å²) in [4.78, 5) is 11.7. The van der Waals surface area contributed by atoms with Crippen LogP contribution in [0, 0.1) is 23.2 Å². The summed E-state index contributed by atoms with van der Waals surface area (Å²) in [5.41, 5.74) is 1.49. The molecule has 2 aliphatic carbocycles. The zero-order chi connectivity index (χ0) is 12.2. The molecule has 0 aromatic carbocycles. The van der Waals surface area contributed by atoms with E-state index in [9.17, 15) is 4.79 Å². The summed E-state index contributed by atoms with van der Waals surface area (Å²) < 4.78 is 5.52. The van der Waals surface area contributed by atoms with Gasteiger partial charge in [-0.3, -0.25) is 4.79 Å². The molecule has 2 fully saturated rings. The standard InChI is InChI=1S/C15H20O2/c1-9-5-4-6-15(3)8-13-11(7-12(9)15)10(2)14(16)17-13/h4,6,10-13H,1,5,7-8H2,2-3H3/t10-,11-,12+,13-,15+/m1/s1. The van der Waals surface area contributed by atoms with Gasteiger partial charge in [0.2, 0.25) is 0 Å². The molecule has 0 aromatic rings. The molecule has 1 saturated carbocycles. The number of esters is 1. The van der Waals surface area contributed by atoms with Crippen LogP contribution < -0.4 is 0 Å². The van der Waals surface area contributed by atoms with Crippen molar-refractivity contribution in [2.24, 2.45) is 23.2 Å². The number of carbonyl (C=O) groups excluding carboxylic acids is 1. The summed E-state index contributed by atoms with van der Waals surface area (Å²) >= 11 is 0. The average Bonchev–Trinajstić information content (AvgIpc) is 2.52. The van der Waals surface area contributed by atoms with Gasteiger partial charge in [0.1, 0.15) is 6.10 Å². The van der Waals surface area contributed by atoms with Crippen LogP contribution in [0.1, 0.15) is 33.1 Å². The number of ether oxygens (including phenoxy) is 1. The highest BCUT2D eigenvalue weighted by molar-refractivity contribution is 5.75. The maximum Gasteiger partial charge on any atom is 0.309 e. The van der Waals surface area contributed by atoms with Crippen molar-refractivity contribution in [2.75, 3.05) is 0 Å². The van der Waals surface area contributed by atoms with Gasteiger partial charge in [-0.2, -0.15) is 0 Å². The van der Waals surface area contributed by atoms with E-state index in [1.165, 1.54) is 5.57 Å². The Labute approximate surface area is 103 Å². The van der Waals surface area contributed by atoms with Crippen molar-refractivity contribution < 1.29 is 9.53 Å². The molecule has 0 spiro atoms. The first-order valence-corrected chi connectivity index (χ1v) is 6.57. The predicted molar refractivity (Wildman–Crippen MR) is 66.3 cm³/mol. The fourth-order valence-corrected chi connectivity index (χ4v) is 3.95. The van der Waals surface area contributed by atoms with E-state index < -0.39 is 0 Å². The van der Waals surface area contributed by atoms with Crippen molar-refractivity contribution in [3.05, 3.63) is 24.3 Å². The second-order valence-corrected chi connectivity index (χ2v) is 6.19. The molecule has 1 aliphatic heterocycles. The van der Waals surface area contributed by atoms with Crippen LogP contribution in [-0.2, 0) is 9.53 Å². The van der Waals surface area contributed by atoms with Gasteiger partial charge in [-0.15, -0.1) is 0 Å². The normalized spacial score (nSPS) is 48.6. The summed E-state index contributed by atoms with van der Waals surface area (Å²) in [5.74, 6) is 1.01. The smallest absolute Gasteiger partial charge is 0.309 e. The number of hydrogen-bond donors (Lipinski definition) is 0. The van der Waals surface area contributed by atoms with E-state index in [1.807, 2.05) is 6.92 Å². The average molecular weight is 232 g/mol. The minimum Gasteiger partial charge on any atom is -0.462 e. The van der Waals surface area contributed by atoms with Crippen LogP contribution >= 0.6 is 0 Å². The van der Waals surface area contributed by atoms with E-state index in [2.05, 4.69) is 25.7 Å². The Kier molecular flexibility index (Phi) is 2.26. The first-order valence-electron chi connectivity index (χ1n) is 6.57. The molecule has 0 radical (unpaired) electrons. The quantitative estimate of drug-likeness (QED) is 0.474. The minimum absolute atomic E-state index is 0.00293. The molecule has 2 heteroatoms. The Balaban J connectivity index is 1.93. The van der Waals surface area contributed by atoms with E-state index in [0.717, 1.165) is 19.3 Å². The van der Waals surface area contributed by atoms with Gasteiger partial charge in [0.25, 0.3) is 0 Å². The SMILES string of the molecule is C=C1CC=C[C@@]2(C)C[C@H]3OC(=O)[C@H](C)[C@H]3C[C@@H]12. The molecule has 0 unspecified atom stereocenters. The molecule has 0 N–H and O–H groups in total. The number of carbonyl (C=O) groups is 1. The first kappa shape index (κ1) is 11.1. The Morgan fingerprint density at radius 2 is 2.29 bits per heavy atom. The summed E-state index contributed by atoms with van der Waals surface area (Å²) in [5, 5.41) is 0. The molecular weight excluding hydrogens is 212 g/mol. The molecule has 17 heavy (non-hydrogen) atoms. The number of fused-ring (bicyclic) bond motifs is 2. The van der Waals surface area contributed by atoms with Gasteiger partial charge in [-0.25, -0.2) is 0 Å². The van der Waals surface area contributed by atoms with Crippen molar-refractivity contribution in [3.8, 4) is 0 Å². The van der Waals surface area contributed by atoms with Crippen molar-refractivity contribution in [1.29, 1.82) is 0 Å². The first-order chi connectivity index (χ1) is 8.01. The highest BCUT2D eigenvalue weighted by Crippen LogP contribution is 2.54. The van der Waals surface area contributed by atoms with Gasteiger partial charge in [-0.1, -0.05) is 38.2 Å². The Morgan fingerprint density at radius 3 is 3.06 bits per heavy atom. The topological polar surface area (TPSA) is 26.3 Å². The second kappa shape index (κ2) is 3.47. The number of rotatable bonds is 0. The monoisotopic (exact) mass is 232 g/mol. The Hall–Kier alpha value is -1.05. The van der Waals surface area contributed by atoms with Crippen LogP contribution in [0.15, 0.2) is 24.3 Å². The summed E-state index contributed by atoms with van der Waals surface area (Å²) in [6, 6.07) is 0. The number of hydrogen-bond acceptors (Lipinski definition) is 2. The maximum absolute atomic E-state index is 11.7. The molecule has 0 aromatic heterocycles. The molecular formula is C15H20O2. The highest BCUT2D eigenvalue weighted by atomic mass is 16.6. The van der Waals surface area contributed by atoms with Gasteiger partial charge in [0.15, 0.2) is 0 Å². The van der Waals surface area contributed by atoms with E-state index in [-0.39, 0.29) is 23.4 Å². The molecule has 3 aliphatic rings. The molecule has 92 valence electrons. The number of allylic oxidation sites excluding steroid dienone is 3. The lowest BCUT2D eigenvalue weighted by Crippen LogP contribution is -2.42. The maximum atomic E-state index is 11.7. The third kappa shape index (κ3) is 1.50. The summed E-state index contributed by atoms with van der Waals surface area (Å²) in [6.07, 6.45) is 7.71. The third-order valence-electron chi connectivity index (χ3n) is 5.08. The molecule has 3 rings (SSSR count). The van der Waals surface area contributed by atoms with Crippen molar-refractivity contribution in [3.63, 3.8) is 0 Å². The van der Waals surface area contributed by atoms with E-state index in [0.29, 0.717) is 11.8 Å². The zero-order valence-corrected chi connectivity index (χ0v) is 10.6. The van der Waals surface area contributed by atoms with Crippen molar-refractivity contribution >= 4 is 5.97 Å². The van der Waals surface area contributed by atoms with E-state index in [4.69, 9.17) is 4.74 Å². The van der Waals surface area contributed by atoms with Crippen LogP contribution in [0.4, 0.5) is 0 Å². The van der Waals surface area contributed by atoms with Gasteiger partial charge < -0.3 is 4.74 Å². The Bertz CT molecular complexity index is 409. The molecule has 0 amide bonds. The zero-order valence-electron chi connectivity index (χ0n) is 10.6. The summed E-state index contributed by atoms with van der Waals surface area (Å²) in [7, 11) is 0. The largest absolute Gasteiger partial charge is 0.462 e. The lowest BCUT2D eigenvalue weighted by atomic mass is 9.57. The van der Waals surface area contributed by atoms with E-state index >= 15 is 0 Å². The molecule has 1 heterocycles. The molecule has 2 nitrogen and oxygen atoms in total. The highest BCUT2D eigenvalue weighted by Gasteiger charge is 2.52. The lowest BCUT2D eigenvalue weighted by Gasteiger charge is -2.47. The third-order valence-corrected chi connectivity index (χ3v) is 5.08. The Morgan fingerprint density at radius 1 is 1.53 bits per heavy atom. The van der Waals surface area contributed by atoms with Crippen molar-refractivity contribution in [2.45, 2.75) is 39.2 Å². The molecule has 1 saturated heterocycles. The van der Waals surface area contributed by atoms with Crippen LogP contribution in [0.3, 0.4) is 0 Å². The lowest BCUT2D eigenvalue weighted by molar-refractivity contribution is -0.145. The van der Waals surface area contributed by atoms with Crippen molar-refractivity contribution in [1.82, 2.24) is 0 Å².